The van der Waals surface area contributed by atoms with Crippen molar-refractivity contribution in [2.45, 2.75) is 20.2 Å². The van der Waals surface area contributed by atoms with E-state index in [-0.39, 0.29) is 0 Å². The Balaban J connectivity index is 2.54. The zero-order valence-corrected chi connectivity index (χ0v) is 6.66. The van der Waals surface area contributed by atoms with Crippen molar-refractivity contribution < 1.29 is 4.74 Å². The van der Waals surface area contributed by atoms with Crippen molar-refractivity contribution >= 4 is 0 Å². The first kappa shape index (κ1) is 8.23. The summed E-state index contributed by atoms with van der Waals surface area (Å²) in [6.07, 6.45) is 3.58. The standard InChI is InChI=1S/C7H13N3O/c1-2-11-6-10-4-3-9-7(10)5-8/h3-4H,2,5-6,8H2,1H3. The molecule has 0 unspecified atom stereocenters. The largest absolute Gasteiger partial charge is 0.361 e. The van der Waals surface area contributed by atoms with E-state index in [1.165, 1.54) is 0 Å². The zero-order chi connectivity index (χ0) is 8.10. The Hall–Kier alpha value is -0.870. The molecule has 0 fully saturated rings. The molecule has 0 aromatic carbocycles. The van der Waals surface area contributed by atoms with Crippen molar-refractivity contribution in [3.8, 4) is 0 Å². The fourth-order valence-corrected chi connectivity index (χ4v) is 0.837. The first-order chi connectivity index (χ1) is 5.38. The van der Waals surface area contributed by atoms with Gasteiger partial charge >= 0.3 is 0 Å². The average molecular weight is 155 g/mol. The summed E-state index contributed by atoms with van der Waals surface area (Å²) in [5, 5.41) is 0. The van der Waals surface area contributed by atoms with E-state index in [9.17, 15) is 0 Å². The maximum absolute atomic E-state index is 5.43. The molecule has 4 nitrogen and oxygen atoms in total. The highest BCUT2D eigenvalue weighted by atomic mass is 16.5. The first-order valence-electron chi connectivity index (χ1n) is 3.66. The Morgan fingerprint density at radius 1 is 1.73 bits per heavy atom. The van der Waals surface area contributed by atoms with Crippen molar-refractivity contribution in [1.82, 2.24) is 9.55 Å². The molecule has 0 amide bonds. The van der Waals surface area contributed by atoms with Crippen LogP contribution in [-0.2, 0) is 18.0 Å². The third kappa shape index (κ3) is 2.03. The Labute approximate surface area is 66.0 Å². The summed E-state index contributed by atoms with van der Waals surface area (Å²) in [7, 11) is 0. The lowest BCUT2D eigenvalue weighted by atomic mass is 10.6. The van der Waals surface area contributed by atoms with Crippen LogP contribution < -0.4 is 5.73 Å². The van der Waals surface area contributed by atoms with E-state index >= 15 is 0 Å². The van der Waals surface area contributed by atoms with E-state index in [0.29, 0.717) is 19.9 Å². The van der Waals surface area contributed by atoms with E-state index in [2.05, 4.69) is 4.98 Å². The molecule has 0 radical (unpaired) electrons. The molecule has 1 rings (SSSR count). The van der Waals surface area contributed by atoms with E-state index in [4.69, 9.17) is 10.5 Å². The van der Waals surface area contributed by atoms with Gasteiger partial charge in [0.25, 0.3) is 0 Å². The van der Waals surface area contributed by atoms with Crippen molar-refractivity contribution in [2.24, 2.45) is 5.73 Å². The van der Waals surface area contributed by atoms with E-state index in [1.54, 1.807) is 6.20 Å². The molecular weight excluding hydrogens is 142 g/mol. The number of hydrogen-bond acceptors (Lipinski definition) is 3. The number of aromatic nitrogens is 2. The molecule has 62 valence electrons. The normalized spacial score (nSPS) is 10.4. The van der Waals surface area contributed by atoms with Crippen LogP contribution >= 0.6 is 0 Å². The second kappa shape index (κ2) is 4.10. The highest BCUT2D eigenvalue weighted by molar-refractivity contribution is 4.89. The summed E-state index contributed by atoms with van der Waals surface area (Å²) < 4.78 is 7.08. The molecule has 0 saturated heterocycles. The van der Waals surface area contributed by atoms with Crippen molar-refractivity contribution in [2.75, 3.05) is 6.61 Å². The summed E-state index contributed by atoms with van der Waals surface area (Å²) in [6.45, 7) is 3.67. The summed E-state index contributed by atoms with van der Waals surface area (Å²) in [5.74, 6) is 0.860. The second-order valence-corrected chi connectivity index (χ2v) is 2.14. The number of rotatable bonds is 4. The second-order valence-electron chi connectivity index (χ2n) is 2.14. The average Bonchev–Trinajstić information content (AvgIpc) is 2.47. The molecule has 0 aliphatic carbocycles. The predicted molar refractivity (Wildman–Crippen MR) is 41.7 cm³/mol. The zero-order valence-electron chi connectivity index (χ0n) is 6.66. The van der Waals surface area contributed by atoms with Gasteiger partial charge in [0.2, 0.25) is 0 Å². The molecular formula is C7H13N3O. The van der Waals surface area contributed by atoms with Gasteiger partial charge in [0.1, 0.15) is 12.6 Å². The molecule has 0 saturated carbocycles. The van der Waals surface area contributed by atoms with Gasteiger partial charge in [-0.15, -0.1) is 0 Å². The van der Waals surface area contributed by atoms with Crippen LogP contribution in [0, 0.1) is 0 Å². The Morgan fingerprint density at radius 2 is 2.55 bits per heavy atom. The van der Waals surface area contributed by atoms with E-state index in [0.717, 1.165) is 5.82 Å². The third-order valence-electron chi connectivity index (χ3n) is 1.42. The molecule has 2 N–H and O–H groups in total. The Bertz CT molecular complexity index is 209. The summed E-state index contributed by atoms with van der Waals surface area (Å²) >= 11 is 0. The highest BCUT2D eigenvalue weighted by Gasteiger charge is 1.97. The molecule has 4 heteroatoms. The number of nitrogens with zero attached hydrogens (tertiary/aromatic N) is 2. The van der Waals surface area contributed by atoms with Crippen molar-refractivity contribution in [3.05, 3.63) is 18.2 Å². The molecule has 0 aliphatic heterocycles. The lowest BCUT2D eigenvalue weighted by Crippen LogP contribution is -2.09. The minimum Gasteiger partial charge on any atom is -0.361 e. The number of nitrogens with two attached hydrogens (primary N) is 1. The van der Waals surface area contributed by atoms with Gasteiger partial charge in [0.05, 0.1) is 6.54 Å². The van der Waals surface area contributed by atoms with Crippen LogP contribution in [0.25, 0.3) is 0 Å². The van der Waals surface area contributed by atoms with Crippen molar-refractivity contribution in [3.63, 3.8) is 0 Å². The fourth-order valence-electron chi connectivity index (χ4n) is 0.837. The van der Waals surface area contributed by atoms with Crippen LogP contribution in [0.5, 0.6) is 0 Å². The van der Waals surface area contributed by atoms with Crippen LogP contribution in [0.2, 0.25) is 0 Å². The monoisotopic (exact) mass is 155 g/mol. The van der Waals surface area contributed by atoms with Gasteiger partial charge in [-0.3, -0.25) is 0 Å². The van der Waals surface area contributed by atoms with E-state index < -0.39 is 0 Å². The Kier molecular flexibility index (Phi) is 3.07. The number of imidazole rings is 1. The molecule has 11 heavy (non-hydrogen) atoms. The first-order valence-corrected chi connectivity index (χ1v) is 3.66. The summed E-state index contributed by atoms with van der Waals surface area (Å²) in [6, 6.07) is 0. The Morgan fingerprint density at radius 3 is 3.18 bits per heavy atom. The number of hydrogen-bond donors (Lipinski definition) is 1. The quantitative estimate of drug-likeness (QED) is 0.682. The SMILES string of the molecule is CCOCn1ccnc1CN. The molecule has 0 aliphatic rings. The number of ether oxygens (including phenoxy) is 1. The van der Waals surface area contributed by atoms with Gasteiger partial charge in [-0.25, -0.2) is 4.98 Å². The fraction of sp³-hybridized carbons (Fsp3) is 0.571. The molecule has 1 aromatic heterocycles. The van der Waals surface area contributed by atoms with Crippen LogP contribution in [0.4, 0.5) is 0 Å². The van der Waals surface area contributed by atoms with Gasteiger partial charge < -0.3 is 15.0 Å². The van der Waals surface area contributed by atoms with Crippen LogP contribution in [0.3, 0.4) is 0 Å². The van der Waals surface area contributed by atoms with Crippen LogP contribution in [0.1, 0.15) is 12.7 Å². The third-order valence-corrected chi connectivity index (χ3v) is 1.42. The van der Waals surface area contributed by atoms with Gasteiger partial charge in [0.15, 0.2) is 0 Å². The molecule has 0 bridgehead atoms. The van der Waals surface area contributed by atoms with E-state index in [1.807, 2.05) is 17.7 Å². The van der Waals surface area contributed by atoms with Crippen molar-refractivity contribution in [1.29, 1.82) is 0 Å². The lowest BCUT2D eigenvalue weighted by molar-refractivity contribution is 0.0858. The van der Waals surface area contributed by atoms with Gasteiger partial charge in [-0.1, -0.05) is 0 Å². The summed E-state index contributed by atoms with van der Waals surface area (Å²) in [4.78, 5) is 4.05. The summed E-state index contributed by atoms with van der Waals surface area (Å²) in [5.41, 5.74) is 5.43. The minimum absolute atomic E-state index is 0.458. The van der Waals surface area contributed by atoms with Gasteiger partial charge in [-0.2, -0.15) is 0 Å². The molecule has 1 heterocycles. The highest BCUT2D eigenvalue weighted by Crippen LogP contribution is 1.95. The van der Waals surface area contributed by atoms with Gasteiger partial charge in [-0.05, 0) is 6.92 Å². The van der Waals surface area contributed by atoms with Crippen LogP contribution in [-0.4, -0.2) is 16.2 Å². The van der Waals surface area contributed by atoms with Crippen LogP contribution in [0.15, 0.2) is 12.4 Å². The lowest BCUT2D eigenvalue weighted by Gasteiger charge is -2.04. The maximum atomic E-state index is 5.43. The molecule has 0 atom stereocenters. The minimum atomic E-state index is 0.458. The maximum Gasteiger partial charge on any atom is 0.124 e. The topological polar surface area (TPSA) is 53.1 Å². The predicted octanol–water partition coefficient (Wildman–Crippen LogP) is 0.336. The smallest absolute Gasteiger partial charge is 0.124 e. The van der Waals surface area contributed by atoms with Gasteiger partial charge in [0, 0.05) is 19.0 Å². The molecule has 0 spiro atoms. The molecule has 1 aromatic rings.